The van der Waals surface area contributed by atoms with Crippen LogP contribution in [0.1, 0.15) is 17.3 Å². The van der Waals surface area contributed by atoms with E-state index in [0.717, 1.165) is 11.4 Å². The number of rotatable bonds is 3. The maximum atomic E-state index is 12.1. The Balaban J connectivity index is 1.68. The van der Waals surface area contributed by atoms with Crippen molar-refractivity contribution in [2.75, 3.05) is 10.3 Å². The van der Waals surface area contributed by atoms with Gasteiger partial charge in [-0.25, -0.2) is 10.4 Å². The maximum Gasteiger partial charge on any atom is 0.255 e. The third-order valence-electron chi connectivity index (χ3n) is 3.30. The molecular formula is C16H17N4O2+. The molecule has 112 valence electrons. The van der Waals surface area contributed by atoms with E-state index in [4.69, 9.17) is 0 Å². The van der Waals surface area contributed by atoms with Crippen molar-refractivity contribution in [3.8, 4) is 5.75 Å². The normalized spacial score (nSPS) is 13.9. The Morgan fingerprint density at radius 1 is 1.14 bits per heavy atom. The van der Waals surface area contributed by atoms with Gasteiger partial charge in [0.25, 0.3) is 5.91 Å². The number of hydrogen-bond acceptors (Lipinski definition) is 4. The molecule has 1 amide bonds. The van der Waals surface area contributed by atoms with E-state index in [2.05, 4.69) is 10.9 Å². The van der Waals surface area contributed by atoms with Crippen molar-refractivity contribution in [3.05, 3.63) is 66.0 Å². The van der Waals surface area contributed by atoms with Crippen molar-refractivity contribution in [1.82, 2.24) is 5.53 Å². The Bertz CT molecular complexity index is 708. The molecule has 0 radical (unpaired) electrons. The molecular weight excluding hydrogens is 280 g/mol. The maximum absolute atomic E-state index is 12.1. The van der Waals surface area contributed by atoms with Crippen molar-refractivity contribution in [3.63, 3.8) is 0 Å². The number of amides is 1. The third-order valence-corrected chi connectivity index (χ3v) is 3.30. The number of hydrogen-bond donors (Lipinski definition) is 4. The number of carbonyl (C=O) groups is 1. The highest BCUT2D eigenvalue weighted by Gasteiger charge is 2.13. The molecule has 0 bridgehead atoms. The van der Waals surface area contributed by atoms with E-state index in [1.165, 1.54) is 12.1 Å². The summed E-state index contributed by atoms with van der Waals surface area (Å²) in [5.74, 6) is -0.0738. The number of nitrogens with two attached hydrogens (primary N) is 1. The summed E-state index contributed by atoms with van der Waals surface area (Å²) in [5.41, 5.74) is 8.37. The highest BCUT2D eigenvalue weighted by molar-refractivity contribution is 6.04. The Kier molecular flexibility index (Phi) is 3.78. The molecule has 2 aromatic carbocycles. The molecule has 5 N–H and O–H groups in total. The lowest BCUT2D eigenvalue weighted by atomic mass is 10.2. The van der Waals surface area contributed by atoms with Crippen LogP contribution < -0.4 is 21.3 Å². The minimum atomic E-state index is -0.212. The zero-order valence-electron chi connectivity index (χ0n) is 12.1. The minimum Gasteiger partial charge on any atom is -0.508 e. The number of phenolic OH excluding ortho intramolecular Hbond substituents is 1. The fraction of sp³-hybridized carbons (Fsp3) is 0.0625. The molecule has 1 aliphatic heterocycles. The van der Waals surface area contributed by atoms with Gasteiger partial charge in [0.2, 0.25) is 0 Å². The quantitative estimate of drug-likeness (QED) is 0.644. The SMILES string of the molecule is CC1=CN(c2ccc(NC(=O)c3ccc(O)cc3)cc2)N[NH2+]1. The van der Waals surface area contributed by atoms with Gasteiger partial charge in [-0.3, -0.25) is 4.79 Å². The molecule has 2 aromatic rings. The second-order valence-electron chi connectivity index (χ2n) is 5.06. The van der Waals surface area contributed by atoms with E-state index in [1.54, 1.807) is 12.1 Å². The zero-order chi connectivity index (χ0) is 15.5. The van der Waals surface area contributed by atoms with Gasteiger partial charge in [0.15, 0.2) is 0 Å². The minimum absolute atomic E-state index is 0.138. The summed E-state index contributed by atoms with van der Waals surface area (Å²) in [4.78, 5) is 12.1. The first kappa shape index (κ1) is 14.1. The van der Waals surface area contributed by atoms with Crippen LogP contribution in [0.4, 0.5) is 11.4 Å². The molecule has 0 aliphatic carbocycles. The average Bonchev–Trinajstić information content (AvgIpc) is 2.95. The fourth-order valence-electron chi connectivity index (χ4n) is 2.12. The van der Waals surface area contributed by atoms with Crippen molar-refractivity contribution in [1.29, 1.82) is 0 Å². The van der Waals surface area contributed by atoms with Gasteiger partial charge >= 0.3 is 0 Å². The van der Waals surface area contributed by atoms with Gasteiger partial charge in [-0.15, -0.1) is 0 Å². The predicted octanol–water partition coefficient (Wildman–Crippen LogP) is 1.31. The van der Waals surface area contributed by atoms with Gasteiger partial charge in [0.05, 0.1) is 11.9 Å². The van der Waals surface area contributed by atoms with Gasteiger partial charge in [0, 0.05) is 18.2 Å². The first-order valence-electron chi connectivity index (χ1n) is 6.89. The molecule has 0 spiro atoms. The number of anilines is 2. The van der Waals surface area contributed by atoms with Crippen LogP contribution in [0.5, 0.6) is 5.75 Å². The molecule has 0 fully saturated rings. The van der Waals surface area contributed by atoms with E-state index < -0.39 is 0 Å². The topological polar surface area (TPSA) is 81.2 Å². The van der Waals surface area contributed by atoms with Crippen LogP contribution in [-0.2, 0) is 0 Å². The van der Waals surface area contributed by atoms with Gasteiger partial charge in [0.1, 0.15) is 11.4 Å². The number of phenols is 1. The molecule has 6 nitrogen and oxygen atoms in total. The largest absolute Gasteiger partial charge is 0.508 e. The molecule has 1 heterocycles. The summed E-state index contributed by atoms with van der Waals surface area (Å²) < 4.78 is 0. The third kappa shape index (κ3) is 3.08. The van der Waals surface area contributed by atoms with Crippen molar-refractivity contribution >= 4 is 17.3 Å². The lowest BCUT2D eigenvalue weighted by Crippen LogP contribution is -2.90. The van der Waals surface area contributed by atoms with Crippen molar-refractivity contribution < 1.29 is 15.3 Å². The number of quaternary nitrogens is 1. The van der Waals surface area contributed by atoms with E-state index in [-0.39, 0.29) is 11.7 Å². The molecule has 0 saturated carbocycles. The molecule has 6 heteroatoms. The lowest BCUT2D eigenvalue weighted by molar-refractivity contribution is -0.657. The monoisotopic (exact) mass is 297 g/mol. The van der Waals surface area contributed by atoms with Crippen LogP contribution in [0.15, 0.2) is 60.4 Å². The van der Waals surface area contributed by atoms with Crippen LogP contribution in [0.3, 0.4) is 0 Å². The second kappa shape index (κ2) is 5.88. The first-order chi connectivity index (χ1) is 10.6. The summed E-state index contributed by atoms with van der Waals surface area (Å²) in [6.07, 6.45) is 1.99. The molecule has 3 rings (SSSR count). The van der Waals surface area contributed by atoms with E-state index in [0.29, 0.717) is 11.3 Å². The fourth-order valence-corrected chi connectivity index (χ4v) is 2.12. The predicted molar refractivity (Wildman–Crippen MR) is 83.8 cm³/mol. The van der Waals surface area contributed by atoms with E-state index in [1.807, 2.05) is 47.8 Å². The number of carbonyl (C=O) groups excluding carboxylic acids is 1. The first-order valence-corrected chi connectivity index (χ1v) is 6.89. The number of nitrogens with one attached hydrogen (secondary N) is 2. The molecule has 0 unspecified atom stereocenters. The molecule has 0 aromatic heterocycles. The van der Waals surface area contributed by atoms with Crippen LogP contribution >= 0.6 is 0 Å². The Hall–Kier alpha value is -2.83. The van der Waals surface area contributed by atoms with Gasteiger partial charge in [-0.05, 0) is 48.5 Å². The van der Waals surface area contributed by atoms with Gasteiger partial charge < -0.3 is 10.4 Å². The van der Waals surface area contributed by atoms with Gasteiger partial charge in [-0.2, -0.15) is 0 Å². The highest BCUT2D eigenvalue weighted by atomic mass is 16.3. The van der Waals surface area contributed by atoms with Crippen LogP contribution in [-0.4, -0.2) is 11.0 Å². The number of allylic oxidation sites excluding steroid dienone is 1. The smallest absolute Gasteiger partial charge is 0.255 e. The number of nitrogens with zero attached hydrogens (tertiary/aromatic N) is 1. The Labute approximate surface area is 128 Å². The Morgan fingerprint density at radius 3 is 2.41 bits per heavy atom. The average molecular weight is 297 g/mol. The molecule has 1 aliphatic rings. The molecule has 22 heavy (non-hydrogen) atoms. The summed E-state index contributed by atoms with van der Waals surface area (Å²) in [5, 5.41) is 14.0. The standard InChI is InChI=1S/C16H16N4O2/c1-11-10-20(19-18-11)14-6-4-13(5-7-14)17-16(22)12-2-8-15(21)9-3-12/h2-10,18-19,21H,1H3,(H,17,22)/p+1. The van der Waals surface area contributed by atoms with Crippen LogP contribution in [0.25, 0.3) is 0 Å². The number of aromatic hydroxyl groups is 1. The molecule has 0 saturated heterocycles. The van der Waals surface area contributed by atoms with Crippen LogP contribution in [0.2, 0.25) is 0 Å². The van der Waals surface area contributed by atoms with Crippen LogP contribution in [0, 0.1) is 0 Å². The second-order valence-corrected chi connectivity index (χ2v) is 5.06. The highest BCUT2D eigenvalue weighted by Crippen LogP contribution is 2.18. The van der Waals surface area contributed by atoms with E-state index >= 15 is 0 Å². The summed E-state index contributed by atoms with van der Waals surface area (Å²) in [6, 6.07) is 13.7. The van der Waals surface area contributed by atoms with Crippen molar-refractivity contribution in [2.24, 2.45) is 0 Å². The molecule has 0 atom stereocenters. The number of hydrazine groups is 1. The summed E-state index contributed by atoms with van der Waals surface area (Å²) in [6.45, 7) is 2.01. The number of benzene rings is 2. The van der Waals surface area contributed by atoms with E-state index in [9.17, 15) is 9.90 Å². The Morgan fingerprint density at radius 2 is 1.82 bits per heavy atom. The summed E-state index contributed by atoms with van der Waals surface area (Å²) in [7, 11) is 0. The summed E-state index contributed by atoms with van der Waals surface area (Å²) >= 11 is 0. The van der Waals surface area contributed by atoms with Gasteiger partial charge in [-0.1, -0.05) is 5.53 Å². The van der Waals surface area contributed by atoms with Crippen molar-refractivity contribution in [2.45, 2.75) is 6.92 Å². The zero-order valence-corrected chi connectivity index (χ0v) is 12.1. The lowest BCUT2D eigenvalue weighted by Gasteiger charge is -2.13.